The molecule has 4 nitrogen and oxygen atoms in total. The second-order valence-electron chi connectivity index (χ2n) is 5.16. The zero-order valence-electron chi connectivity index (χ0n) is 12.6. The number of fused-ring (bicyclic) bond motifs is 1. The zero-order valence-corrected chi connectivity index (χ0v) is 12.6. The summed E-state index contributed by atoms with van der Waals surface area (Å²) in [7, 11) is 1.60. The van der Waals surface area contributed by atoms with E-state index in [2.05, 4.69) is 5.32 Å². The highest BCUT2D eigenvalue weighted by molar-refractivity contribution is 6.06. The summed E-state index contributed by atoms with van der Waals surface area (Å²) >= 11 is 0. The topological polar surface area (TPSA) is 51.5 Å². The number of aryl methyl sites for hydroxylation is 1. The summed E-state index contributed by atoms with van der Waals surface area (Å²) in [6.45, 7) is 2.33. The molecule has 0 saturated carbocycles. The molecule has 0 atom stereocenters. The van der Waals surface area contributed by atoms with Crippen molar-refractivity contribution in [2.75, 3.05) is 12.4 Å². The van der Waals surface area contributed by atoms with E-state index in [-0.39, 0.29) is 5.91 Å². The normalized spacial score (nSPS) is 10.8. The van der Waals surface area contributed by atoms with E-state index >= 15 is 0 Å². The zero-order chi connectivity index (χ0) is 15.5. The minimum atomic E-state index is -0.271. The maximum Gasteiger partial charge on any atom is 0.291 e. The van der Waals surface area contributed by atoms with E-state index in [1.165, 1.54) is 0 Å². The largest absolute Gasteiger partial charge is 0.451 e. The van der Waals surface area contributed by atoms with Crippen LogP contribution in [0, 0.1) is 6.92 Å². The third kappa shape index (κ3) is 2.73. The fourth-order valence-electron chi connectivity index (χ4n) is 2.39. The molecule has 1 aromatic heterocycles. The molecule has 3 aromatic rings. The first-order valence-corrected chi connectivity index (χ1v) is 7.06. The molecule has 0 aliphatic rings. The molecular weight excluding hydrogens is 278 g/mol. The Morgan fingerprint density at radius 3 is 2.59 bits per heavy atom. The van der Waals surface area contributed by atoms with Gasteiger partial charge < -0.3 is 14.5 Å². The molecule has 0 fully saturated rings. The number of para-hydroxylation sites is 1. The van der Waals surface area contributed by atoms with Crippen LogP contribution in [0.25, 0.3) is 11.0 Å². The highest BCUT2D eigenvalue weighted by Gasteiger charge is 2.20. The first-order valence-electron chi connectivity index (χ1n) is 7.06. The second kappa shape index (κ2) is 6.03. The molecule has 0 spiro atoms. The number of amides is 1. The molecule has 1 heterocycles. The van der Waals surface area contributed by atoms with Gasteiger partial charge in [-0.05, 0) is 25.1 Å². The van der Waals surface area contributed by atoms with Gasteiger partial charge in [-0.2, -0.15) is 0 Å². The number of ether oxygens (including phenoxy) is 1. The molecule has 112 valence electrons. The second-order valence-corrected chi connectivity index (χ2v) is 5.16. The smallest absolute Gasteiger partial charge is 0.291 e. The van der Waals surface area contributed by atoms with Crippen LogP contribution in [0.5, 0.6) is 0 Å². The number of hydrogen-bond donors (Lipinski definition) is 1. The number of rotatable bonds is 4. The summed E-state index contributed by atoms with van der Waals surface area (Å²) in [5.74, 6) is 0.0238. The van der Waals surface area contributed by atoms with Crippen LogP contribution in [0.3, 0.4) is 0 Å². The molecule has 0 radical (unpaired) electrons. The number of carbonyl (C=O) groups excluding carboxylic acids is 1. The van der Waals surface area contributed by atoms with Crippen LogP contribution in [-0.2, 0) is 11.3 Å². The number of furan rings is 1. The SMILES string of the molecule is COCc1c(C(=O)Nc2ccc(C)cc2)oc2ccccc12. The van der Waals surface area contributed by atoms with E-state index < -0.39 is 0 Å². The van der Waals surface area contributed by atoms with Gasteiger partial charge in [-0.15, -0.1) is 0 Å². The third-order valence-corrected chi connectivity index (χ3v) is 3.50. The lowest BCUT2D eigenvalue weighted by molar-refractivity contribution is 0.0992. The van der Waals surface area contributed by atoms with E-state index in [4.69, 9.17) is 9.15 Å². The Labute approximate surface area is 128 Å². The van der Waals surface area contributed by atoms with Crippen molar-refractivity contribution in [2.45, 2.75) is 13.5 Å². The highest BCUT2D eigenvalue weighted by atomic mass is 16.5. The highest BCUT2D eigenvalue weighted by Crippen LogP contribution is 2.27. The monoisotopic (exact) mass is 295 g/mol. The standard InChI is InChI=1S/C18H17NO3/c1-12-7-9-13(10-8-12)19-18(20)17-15(11-21-2)14-5-3-4-6-16(14)22-17/h3-10H,11H2,1-2H3,(H,19,20). The van der Waals surface area contributed by atoms with Crippen LogP contribution in [0.4, 0.5) is 5.69 Å². The maximum absolute atomic E-state index is 12.5. The van der Waals surface area contributed by atoms with Gasteiger partial charge in [0.05, 0.1) is 6.61 Å². The number of hydrogen-bond acceptors (Lipinski definition) is 3. The number of carbonyl (C=O) groups is 1. The predicted molar refractivity (Wildman–Crippen MR) is 86.1 cm³/mol. The number of methoxy groups -OCH3 is 1. The van der Waals surface area contributed by atoms with Crippen molar-refractivity contribution in [3.05, 3.63) is 65.4 Å². The van der Waals surface area contributed by atoms with Gasteiger partial charge in [-0.3, -0.25) is 4.79 Å². The molecule has 2 aromatic carbocycles. The van der Waals surface area contributed by atoms with Gasteiger partial charge in [-0.25, -0.2) is 0 Å². The number of nitrogens with one attached hydrogen (secondary N) is 1. The first-order chi connectivity index (χ1) is 10.7. The molecule has 0 unspecified atom stereocenters. The Morgan fingerprint density at radius 2 is 1.86 bits per heavy atom. The summed E-state index contributed by atoms with van der Waals surface area (Å²) in [6, 6.07) is 15.2. The van der Waals surface area contributed by atoms with Crippen molar-refractivity contribution >= 4 is 22.6 Å². The lowest BCUT2D eigenvalue weighted by Crippen LogP contribution is -2.13. The van der Waals surface area contributed by atoms with Gasteiger partial charge in [0.15, 0.2) is 5.76 Å². The third-order valence-electron chi connectivity index (χ3n) is 3.50. The summed E-state index contributed by atoms with van der Waals surface area (Å²) in [6.07, 6.45) is 0. The van der Waals surface area contributed by atoms with Crippen molar-refractivity contribution in [2.24, 2.45) is 0 Å². The summed E-state index contributed by atoms with van der Waals surface area (Å²) < 4.78 is 10.9. The lowest BCUT2D eigenvalue weighted by atomic mass is 10.1. The van der Waals surface area contributed by atoms with Gasteiger partial charge in [0.1, 0.15) is 5.58 Å². The summed E-state index contributed by atoms with van der Waals surface area (Å²) in [5.41, 5.74) is 3.33. The van der Waals surface area contributed by atoms with Crippen LogP contribution >= 0.6 is 0 Å². The van der Waals surface area contributed by atoms with E-state index in [1.54, 1.807) is 7.11 Å². The van der Waals surface area contributed by atoms with Crippen molar-refractivity contribution < 1.29 is 13.9 Å². The van der Waals surface area contributed by atoms with Gasteiger partial charge in [0, 0.05) is 23.7 Å². The molecule has 0 aliphatic heterocycles. The minimum Gasteiger partial charge on any atom is -0.451 e. The average Bonchev–Trinajstić information content (AvgIpc) is 2.89. The molecular formula is C18H17NO3. The molecule has 3 rings (SSSR count). The van der Waals surface area contributed by atoms with Crippen molar-refractivity contribution in [3.63, 3.8) is 0 Å². The summed E-state index contributed by atoms with van der Waals surface area (Å²) in [5, 5.41) is 3.76. The molecule has 0 aliphatic carbocycles. The molecule has 1 N–H and O–H groups in total. The van der Waals surface area contributed by atoms with Gasteiger partial charge in [0.25, 0.3) is 5.91 Å². The van der Waals surface area contributed by atoms with Crippen LogP contribution in [0.15, 0.2) is 52.9 Å². The lowest BCUT2D eigenvalue weighted by Gasteiger charge is -2.05. The molecule has 22 heavy (non-hydrogen) atoms. The fraction of sp³-hybridized carbons (Fsp3) is 0.167. The Morgan fingerprint density at radius 1 is 1.14 bits per heavy atom. The van der Waals surface area contributed by atoms with E-state index in [9.17, 15) is 4.79 Å². The quantitative estimate of drug-likeness (QED) is 0.787. The van der Waals surface area contributed by atoms with Crippen molar-refractivity contribution in [3.8, 4) is 0 Å². The molecule has 0 saturated heterocycles. The molecule has 0 bridgehead atoms. The van der Waals surface area contributed by atoms with Crippen molar-refractivity contribution in [1.29, 1.82) is 0 Å². The molecule has 4 heteroatoms. The maximum atomic E-state index is 12.5. The molecule has 1 amide bonds. The van der Waals surface area contributed by atoms with Crippen LogP contribution in [0.2, 0.25) is 0 Å². The van der Waals surface area contributed by atoms with Crippen molar-refractivity contribution in [1.82, 2.24) is 0 Å². The number of benzene rings is 2. The summed E-state index contributed by atoms with van der Waals surface area (Å²) in [4.78, 5) is 12.5. The minimum absolute atomic E-state index is 0.271. The van der Waals surface area contributed by atoms with Gasteiger partial charge in [0.2, 0.25) is 0 Å². The number of anilines is 1. The van der Waals surface area contributed by atoms with Gasteiger partial charge in [-0.1, -0.05) is 35.9 Å². The van der Waals surface area contributed by atoms with E-state index in [1.807, 2.05) is 55.5 Å². The Kier molecular flexibility index (Phi) is 3.94. The fourth-order valence-corrected chi connectivity index (χ4v) is 2.39. The van der Waals surface area contributed by atoms with E-state index in [0.717, 1.165) is 22.2 Å². The van der Waals surface area contributed by atoms with Gasteiger partial charge >= 0.3 is 0 Å². The Bertz CT molecular complexity index is 803. The Hall–Kier alpha value is -2.59. The van der Waals surface area contributed by atoms with Crippen LogP contribution in [-0.4, -0.2) is 13.0 Å². The average molecular weight is 295 g/mol. The van der Waals surface area contributed by atoms with Crippen LogP contribution < -0.4 is 5.32 Å². The van der Waals surface area contributed by atoms with Crippen LogP contribution in [0.1, 0.15) is 21.7 Å². The first kappa shape index (κ1) is 14.4. The predicted octanol–water partition coefficient (Wildman–Crippen LogP) is 4.14. The van der Waals surface area contributed by atoms with E-state index in [0.29, 0.717) is 18.0 Å². The Balaban J connectivity index is 1.96.